The summed E-state index contributed by atoms with van der Waals surface area (Å²) >= 11 is 0. The molecule has 1 N–H and O–H groups in total. The molecule has 0 aliphatic carbocycles. The summed E-state index contributed by atoms with van der Waals surface area (Å²) in [6.45, 7) is 6.31. The average molecular weight is 277 g/mol. The van der Waals surface area contributed by atoms with Gasteiger partial charge in [0.1, 0.15) is 11.5 Å². The molecule has 4 nitrogen and oxygen atoms in total. The van der Waals surface area contributed by atoms with Crippen molar-refractivity contribution in [3.8, 4) is 0 Å². The zero-order chi connectivity index (χ0) is 14.1. The summed E-state index contributed by atoms with van der Waals surface area (Å²) in [5, 5.41) is 3.17. The fourth-order valence-corrected chi connectivity index (χ4v) is 3.75. The molecule has 0 spiro atoms. The Kier molecular flexibility index (Phi) is 4.15. The van der Waals surface area contributed by atoms with Crippen molar-refractivity contribution in [3.63, 3.8) is 0 Å². The zero-order valence-electron chi connectivity index (χ0n) is 13.0. The van der Waals surface area contributed by atoms with Crippen molar-refractivity contribution in [2.45, 2.75) is 51.4 Å². The van der Waals surface area contributed by atoms with E-state index in [4.69, 9.17) is 4.42 Å². The van der Waals surface area contributed by atoms with E-state index in [1.165, 1.54) is 37.9 Å². The van der Waals surface area contributed by atoms with Crippen LogP contribution in [0.25, 0.3) is 0 Å². The summed E-state index contributed by atoms with van der Waals surface area (Å²) in [6.07, 6.45) is 4.05. The van der Waals surface area contributed by atoms with Gasteiger partial charge in [-0.2, -0.15) is 0 Å². The molecule has 1 aromatic heterocycles. The highest BCUT2D eigenvalue weighted by Crippen LogP contribution is 2.29. The van der Waals surface area contributed by atoms with Gasteiger partial charge in [0.15, 0.2) is 0 Å². The van der Waals surface area contributed by atoms with Gasteiger partial charge in [0.25, 0.3) is 0 Å². The van der Waals surface area contributed by atoms with Gasteiger partial charge in [0, 0.05) is 25.2 Å². The van der Waals surface area contributed by atoms with Crippen LogP contribution >= 0.6 is 0 Å². The summed E-state index contributed by atoms with van der Waals surface area (Å²) in [7, 11) is 4.26. The Hall–Kier alpha value is -0.840. The maximum absolute atomic E-state index is 5.99. The number of nitrogens with one attached hydrogen (secondary N) is 1. The molecule has 3 rings (SSSR count). The van der Waals surface area contributed by atoms with Gasteiger partial charge in [-0.15, -0.1) is 0 Å². The third kappa shape index (κ3) is 2.78. The molecule has 112 valence electrons. The Balaban J connectivity index is 1.64. The number of fused-ring (bicyclic) bond motifs is 2. The molecule has 2 unspecified atom stereocenters. The van der Waals surface area contributed by atoms with Crippen LogP contribution in [0.15, 0.2) is 10.5 Å². The number of likely N-dealkylation sites (N-methyl/N-ethyl adjacent to an activating group) is 1. The fraction of sp³-hybridized carbons (Fsp3) is 0.750. The number of rotatable bonds is 4. The van der Waals surface area contributed by atoms with E-state index in [0.717, 1.165) is 36.7 Å². The molecule has 2 aliphatic rings. The number of furan rings is 1. The minimum absolute atomic E-state index is 0.746. The van der Waals surface area contributed by atoms with Crippen LogP contribution in [0.5, 0.6) is 0 Å². The molecule has 4 heteroatoms. The van der Waals surface area contributed by atoms with Crippen LogP contribution in [-0.2, 0) is 13.1 Å². The molecule has 0 amide bonds. The van der Waals surface area contributed by atoms with E-state index >= 15 is 0 Å². The van der Waals surface area contributed by atoms with Crippen LogP contribution in [0.2, 0.25) is 0 Å². The van der Waals surface area contributed by atoms with Crippen LogP contribution in [0.4, 0.5) is 0 Å². The van der Waals surface area contributed by atoms with Crippen LogP contribution in [0, 0.1) is 6.92 Å². The summed E-state index contributed by atoms with van der Waals surface area (Å²) in [5.74, 6) is 2.20. The monoisotopic (exact) mass is 277 g/mol. The number of likely N-dealkylation sites (tertiary alicyclic amines) is 1. The van der Waals surface area contributed by atoms with Crippen LogP contribution in [-0.4, -0.2) is 49.1 Å². The Morgan fingerprint density at radius 3 is 2.90 bits per heavy atom. The molecule has 3 heterocycles. The highest BCUT2D eigenvalue weighted by atomic mass is 16.3. The van der Waals surface area contributed by atoms with Gasteiger partial charge in [0.05, 0.1) is 13.1 Å². The summed E-state index contributed by atoms with van der Waals surface area (Å²) in [6, 6.07) is 3.76. The topological polar surface area (TPSA) is 31.7 Å². The van der Waals surface area contributed by atoms with Crippen molar-refractivity contribution < 1.29 is 4.42 Å². The first kappa shape index (κ1) is 14.1. The minimum atomic E-state index is 0.746. The van der Waals surface area contributed by atoms with Gasteiger partial charge >= 0.3 is 0 Å². The molecule has 0 saturated carbocycles. The first-order chi connectivity index (χ1) is 9.67. The van der Waals surface area contributed by atoms with Crippen molar-refractivity contribution in [3.05, 3.63) is 23.2 Å². The number of nitrogens with zero attached hydrogens (tertiary/aromatic N) is 2. The number of hydrogen-bond donors (Lipinski definition) is 1. The molecular formula is C16H27N3O. The molecule has 2 fully saturated rings. The second-order valence-corrected chi connectivity index (χ2v) is 6.42. The first-order valence-corrected chi connectivity index (χ1v) is 7.84. The predicted octanol–water partition coefficient (Wildman–Crippen LogP) is 1.98. The van der Waals surface area contributed by atoms with Gasteiger partial charge in [-0.1, -0.05) is 0 Å². The normalized spacial score (nSPS) is 27.9. The van der Waals surface area contributed by atoms with Crippen molar-refractivity contribution >= 4 is 0 Å². The summed E-state index contributed by atoms with van der Waals surface area (Å²) in [5.41, 5.74) is 1.27. The third-order valence-electron chi connectivity index (χ3n) is 5.02. The largest absolute Gasteiger partial charge is 0.463 e. The highest BCUT2D eigenvalue weighted by molar-refractivity contribution is 5.20. The maximum Gasteiger partial charge on any atom is 0.120 e. The second kappa shape index (κ2) is 5.88. The lowest BCUT2D eigenvalue weighted by Crippen LogP contribution is -2.36. The van der Waals surface area contributed by atoms with Gasteiger partial charge < -0.3 is 9.73 Å². The molecule has 2 saturated heterocycles. The lowest BCUT2D eigenvalue weighted by molar-refractivity contribution is 0.203. The summed E-state index contributed by atoms with van der Waals surface area (Å²) < 4.78 is 5.99. The fourth-order valence-electron chi connectivity index (χ4n) is 3.75. The lowest BCUT2D eigenvalue weighted by atomic mass is 10.1. The first-order valence-electron chi connectivity index (χ1n) is 7.84. The molecule has 0 radical (unpaired) electrons. The van der Waals surface area contributed by atoms with Gasteiger partial charge in [-0.25, -0.2) is 0 Å². The molecular weight excluding hydrogens is 250 g/mol. The van der Waals surface area contributed by atoms with Gasteiger partial charge in [-0.05, 0) is 51.9 Å². The SMILES string of the molecule is CNCc1oc(CN2CCC3CCC(C2)N3C)cc1C. The van der Waals surface area contributed by atoms with Gasteiger partial charge in [0.2, 0.25) is 0 Å². The lowest BCUT2D eigenvalue weighted by Gasteiger charge is -2.24. The average Bonchev–Trinajstić information content (AvgIpc) is 2.85. The number of aryl methyl sites for hydroxylation is 1. The molecule has 2 aliphatic heterocycles. The van der Waals surface area contributed by atoms with Crippen molar-refractivity contribution in [2.75, 3.05) is 27.2 Å². The highest BCUT2D eigenvalue weighted by Gasteiger charge is 2.34. The van der Waals surface area contributed by atoms with E-state index < -0.39 is 0 Å². The van der Waals surface area contributed by atoms with Crippen molar-refractivity contribution in [1.29, 1.82) is 0 Å². The molecule has 2 bridgehead atoms. The van der Waals surface area contributed by atoms with Crippen molar-refractivity contribution in [2.24, 2.45) is 0 Å². The predicted molar refractivity (Wildman–Crippen MR) is 80.7 cm³/mol. The Bertz CT molecular complexity index is 457. The smallest absolute Gasteiger partial charge is 0.120 e. The Labute approximate surface area is 122 Å². The second-order valence-electron chi connectivity index (χ2n) is 6.42. The maximum atomic E-state index is 5.99. The van der Waals surface area contributed by atoms with E-state index in [1.807, 2.05) is 7.05 Å². The quantitative estimate of drug-likeness (QED) is 0.912. The Morgan fingerprint density at radius 2 is 2.10 bits per heavy atom. The molecule has 0 aromatic carbocycles. The van der Waals surface area contributed by atoms with E-state index in [0.29, 0.717) is 0 Å². The van der Waals surface area contributed by atoms with E-state index in [-0.39, 0.29) is 0 Å². The number of hydrogen-bond acceptors (Lipinski definition) is 4. The van der Waals surface area contributed by atoms with E-state index in [1.54, 1.807) is 0 Å². The minimum Gasteiger partial charge on any atom is -0.463 e. The standard InChI is InChI=1S/C16H27N3O/c1-12-8-15(20-16(12)9-17-2)11-19-7-6-13-4-5-14(10-19)18(13)3/h8,13-14,17H,4-7,9-11H2,1-3H3. The van der Waals surface area contributed by atoms with E-state index in [9.17, 15) is 0 Å². The summed E-state index contributed by atoms with van der Waals surface area (Å²) in [4.78, 5) is 5.17. The van der Waals surface area contributed by atoms with Crippen molar-refractivity contribution in [1.82, 2.24) is 15.1 Å². The molecule has 20 heavy (non-hydrogen) atoms. The Morgan fingerprint density at radius 1 is 1.30 bits per heavy atom. The van der Waals surface area contributed by atoms with Crippen LogP contribution in [0.3, 0.4) is 0 Å². The van der Waals surface area contributed by atoms with Crippen LogP contribution < -0.4 is 5.32 Å². The van der Waals surface area contributed by atoms with Crippen LogP contribution in [0.1, 0.15) is 36.3 Å². The van der Waals surface area contributed by atoms with Gasteiger partial charge in [-0.3, -0.25) is 9.80 Å². The molecule has 2 atom stereocenters. The molecule has 1 aromatic rings. The van der Waals surface area contributed by atoms with E-state index in [2.05, 4.69) is 35.2 Å². The zero-order valence-corrected chi connectivity index (χ0v) is 13.0. The third-order valence-corrected chi connectivity index (χ3v) is 5.02.